The molecule has 0 saturated carbocycles. The molecule has 27 heavy (non-hydrogen) atoms. The molecule has 1 aliphatic rings. The molecule has 1 fully saturated rings. The molecule has 0 spiro atoms. The van der Waals surface area contributed by atoms with E-state index in [0.717, 1.165) is 10.6 Å². The van der Waals surface area contributed by atoms with Crippen molar-refractivity contribution in [3.05, 3.63) is 29.6 Å². The molecule has 0 aliphatic carbocycles. The molecule has 0 aromatic carbocycles. The summed E-state index contributed by atoms with van der Waals surface area (Å²) in [5.74, 6) is -0.942. The highest BCUT2D eigenvalue weighted by Gasteiger charge is 2.45. The molecule has 1 aromatic rings. The maximum Gasteiger partial charge on any atom is 0.329 e. The molecule has 2 rings (SSSR count). The van der Waals surface area contributed by atoms with Gasteiger partial charge in [-0.2, -0.15) is 0 Å². The molecule has 0 N–H and O–H groups in total. The van der Waals surface area contributed by atoms with Gasteiger partial charge in [0, 0.05) is 5.69 Å². The van der Waals surface area contributed by atoms with Gasteiger partial charge in [-0.3, -0.25) is 14.7 Å². The standard InChI is InChI=1S/C20H29N3O4/c1-7-13(2)17(18(25)27-20(4,5)6)23-12-16(24)22(19(23)26)11-15-10-8-9-14(3)21-15/h8-10,13,17H,7,11-12H2,1-6H3/t13-,17-/m0/s1. The summed E-state index contributed by atoms with van der Waals surface area (Å²) >= 11 is 0. The highest BCUT2D eigenvalue weighted by atomic mass is 16.6. The van der Waals surface area contributed by atoms with E-state index >= 15 is 0 Å². The maximum atomic E-state index is 12.9. The van der Waals surface area contributed by atoms with Crippen LogP contribution in [0.15, 0.2) is 18.2 Å². The Labute approximate surface area is 160 Å². The first kappa shape index (κ1) is 20.9. The minimum atomic E-state index is -0.791. The van der Waals surface area contributed by atoms with Crippen molar-refractivity contribution in [2.45, 2.75) is 66.2 Å². The van der Waals surface area contributed by atoms with Gasteiger partial charge >= 0.3 is 12.0 Å². The zero-order valence-electron chi connectivity index (χ0n) is 17.0. The average molecular weight is 375 g/mol. The van der Waals surface area contributed by atoms with Crippen LogP contribution in [-0.2, 0) is 20.9 Å². The Balaban J connectivity index is 2.23. The zero-order valence-corrected chi connectivity index (χ0v) is 17.0. The number of hydrogen-bond donors (Lipinski definition) is 0. The third-order valence-electron chi connectivity index (χ3n) is 4.52. The minimum absolute atomic E-state index is 0.0946. The van der Waals surface area contributed by atoms with Crippen molar-refractivity contribution in [2.24, 2.45) is 5.92 Å². The second kappa shape index (κ2) is 8.06. The number of esters is 1. The molecule has 148 valence electrons. The number of amides is 3. The van der Waals surface area contributed by atoms with Gasteiger partial charge in [0.05, 0.1) is 12.2 Å². The fourth-order valence-corrected chi connectivity index (χ4v) is 3.04. The number of nitrogens with zero attached hydrogens (tertiary/aromatic N) is 3. The Morgan fingerprint density at radius 2 is 1.96 bits per heavy atom. The molecule has 0 radical (unpaired) electrons. The van der Waals surface area contributed by atoms with Gasteiger partial charge in [0.1, 0.15) is 18.2 Å². The number of carbonyl (C=O) groups is 3. The number of imide groups is 1. The van der Waals surface area contributed by atoms with Gasteiger partial charge in [-0.25, -0.2) is 9.59 Å². The predicted octanol–water partition coefficient (Wildman–Crippen LogP) is 2.91. The average Bonchev–Trinajstić information content (AvgIpc) is 2.81. The molecule has 0 unspecified atom stereocenters. The van der Waals surface area contributed by atoms with Crippen LogP contribution in [0, 0.1) is 12.8 Å². The SMILES string of the molecule is CC[C@H](C)[C@@H](C(=O)OC(C)(C)C)N1CC(=O)N(Cc2cccc(C)n2)C1=O. The van der Waals surface area contributed by atoms with Crippen molar-refractivity contribution < 1.29 is 19.1 Å². The van der Waals surface area contributed by atoms with Crippen molar-refractivity contribution >= 4 is 17.9 Å². The number of aryl methyl sites for hydroxylation is 1. The van der Waals surface area contributed by atoms with Gasteiger partial charge in [-0.15, -0.1) is 0 Å². The largest absolute Gasteiger partial charge is 0.458 e. The van der Waals surface area contributed by atoms with Gasteiger partial charge < -0.3 is 9.64 Å². The van der Waals surface area contributed by atoms with E-state index in [1.165, 1.54) is 4.90 Å². The lowest BCUT2D eigenvalue weighted by molar-refractivity contribution is -0.162. The van der Waals surface area contributed by atoms with Crippen LogP contribution in [0.25, 0.3) is 0 Å². The van der Waals surface area contributed by atoms with Crippen LogP contribution in [-0.4, -0.2) is 50.9 Å². The number of rotatable bonds is 6. The number of carbonyl (C=O) groups excluding carboxylic acids is 3. The van der Waals surface area contributed by atoms with Gasteiger partial charge in [0.25, 0.3) is 5.91 Å². The van der Waals surface area contributed by atoms with Crippen LogP contribution >= 0.6 is 0 Å². The summed E-state index contributed by atoms with van der Waals surface area (Å²) in [5, 5.41) is 0. The first-order valence-electron chi connectivity index (χ1n) is 9.30. The Kier molecular flexibility index (Phi) is 6.23. The molecule has 7 nitrogen and oxygen atoms in total. The fourth-order valence-electron chi connectivity index (χ4n) is 3.04. The molecule has 1 saturated heterocycles. The summed E-state index contributed by atoms with van der Waals surface area (Å²) in [7, 11) is 0. The first-order valence-corrected chi connectivity index (χ1v) is 9.30. The van der Waals surface area contributed by atoms with Crippen molar-refractivity contribution in [3.63, 3.8) is 0 Å². The summed E-state index contributed by atoms with van der Waals surface area (Å²) in [4.78, 5) is 45.0. The third kappa shape index (κ3) is 5.05. The smallest absolute Gasteiger partial charge is 0.329 e. The van der Waals surface area contributed by atoms with E-state index in [1.807, 2.05) is 32.9 Å². The summed E-state index contributed by atoms with van der Waals surface area (Å²) in [6.07, 6.45) is 0.682. The Hall–Kier alpha value is -2.44. The fraction of sp³-hybridized carbons (Fsp3) is 0.600. The van der Waals surface area contributed by atoms with Gasteiger partial charge in [-0.1, -0.05) is 26.3 Å². The first-order chi connectivity index (χ1) is 12.5. The van der Waals surface area contributed by atoms with Gasteiger partial charge in [0.2, 0.25) is 0 Å². The summed E-state index contributed by atoms with van der Waals surface area (Å²) in [6, 6.07) is 4.20. The normalized spacial score (nSPS) is 17.3. The van der Waals surface area contributed by atoms with Gasteiger partial charge in [0.15, 0.2) is 0 Å². The maximum absolute atomic E-state index is 12.9. The van der Waals surface area contributed by atoms with Crippen molar-refractivity contribution in [2.75, 3.05) is 6.54 Å². The van der Waals surface area contributed by atoms with E-state index in [4.69, 9.17) is 4.74 Å². The quantitative estimate of drug-likeness (QED) is 0.564. The third-order valence-corrected chi connectivity index (χ3v) is 4.52. The summed E-state index contributed by atoms with van der Waals surface area (Å²) < 4.78 is 5.51. The van der Waals surface area contributed by atoms with Gasteiger partial charge in [-0.05, 0) is 45.7 Å². The minimum Gasteiger partial charge on any atom is -0.458 e. The van der Waals surface area contributed by atoms with Crippen LogP contribution < -0.4 is 0 Å². The molecular formula is C20H29N3O4. The van der Waals surface area contributed by atoms with Crippen LogP contribution in [0.2, 0.25) is 0 Å². The Bertz CT molecular complexity index is 726. The molecule has 2 heterocycles. The second-order valence-corrected chi connectivity index (χ2v) is 8.02. The molecule has 7 heteroatoms. The monoisotopic (exact) mass is 375 g/mol. The second-order valence-electron chi connectivity index (χ2n) is 8.02. The van der Waals surface area contributed by atoms with Crippen LogP contribution in [0.1, 0.15) is 52.4 Å². The predicted molar refractivity (Wildman–Crippen MR) is 101 cm³/mol. The lowest BCUT2D eigenvalue weighted by Gasteiger charge is -2.32. The molecule has 1 aromatic heterocycles. The topological polar surface area (TPSA) is 79.8 Å². The van der Waals surface area contributed by atoms with E-state index in [-0.39, 0.29) is 24.9 Å². The highest BCUT2D eigenvalue weighted by Crippen LogP contribution is 2.25. The lowest BCUT2D eigenvalue weighted by atomic mass is 9.97. The molecular weight excluding hydrogens is 346 g/mol. The van der Waals surface area contributed by atoms with Crippen LogP contribution in [0.5, 0.6) is 0 Å². The number of pyridine rings is 1. The lowest BCUT2D eigenvalue weighted by Crippen LogP contribution is -2.49. The van der Waals surface area contributed by atoms with Crippen LogP contribution in [0.3, 0.4) is 0 Å². The molecule has 0 bridgehead atoms. The van der Waals surface area contributed by atoms with Crippen molar-refractivity contribution in [1.82, 2.24) is 14.8 Å². The zero-order chi connectivity index (χ0) is 20.4. The summed E-state index contributed by atoms with van der Waals surface area (Å²) in [6.45, 7) is 11.0. The number of hydrogen-bond acceptors (Lipinski definition) is 5. The van der Waals surface area contributed by atoms with E-state index in [1.54, 1.807) is 26.8 Å². The molecule has 2 atom stereocenters. The highest BCUT2D eigenvalue weighted by molar-refractivity contribution is 6.03. The van der Waals surface area contributed by atoms with E-state index in [0.29, 0.717) is 12.1 Å². The Morgan fingerprint density at radius 3 is 2.52 bits per heavy atom. The van der Waals surface area contributed by atoms with E-state index in [2.05, 4.69) is 4.98 Å². The van der Waals surface area contributed by atoms with Crippen molar-refractivity contribution in [3.8, 4) is 0 Å². The summed E-state index contributed by atoms with van der Waals surface area (Å²) in [5.41, 5.74) is 0.784. The van der Waals surface area contributed by atoms with E-state index < -0.39 is 23.6 Å². The van der Waals surface area contributed by atoms with Crippen molar-refractivity contribution in [1.29, 1.82) is 0 Å². The molecule has 3 amide bonds. The van der Waals surface area contributed by atoms with Crippen LogP contribution in [0.4, 0.5) is 4.79 Å². The van der Waals surface area contributed by atoms with E-state index in [9.17, 15) is 14.4 Å². The number of aromatic nitrogens is 1. The molecule has 1 aliphatic heterocycles. The Morgan fingerprint density at radius 1 is 1.30 bits per heavy atom. The number of ether oxygens (including phenoxy) is 1. The number of urea groups is 1.